The Hall–Kier alpha value is -1.79. The van der Waals surface area contributed by atoms with Crippen LogP contribution in [0.3, 0.4) is 0 Å². The maximum atomic E-state index is 11.7. The molecule has 1 saturated carbocycles. The molecular weight excluding hydrogens is 264 g/mol. The highest BCUT2D eigenvalue weighted by Gasteiger charge is 2.27. The van der Waals surface area contributed by atoms with E-state index in [1.807, 2.05) is 0 Å². The number of carbonyl (C=O) groups is 3. The molecule has 3 unspecified atom stereocenters. The molecule has 0 aliphatic heterocycles. The van der Waals surface area contributed by atoms with E-state index in [9.17, 15) is 14.4 Å². The number of hydrogen-bond acceptors (Lipinski definition) is 3. The highest BCUT2D eigenvalue weighted by atomic mass is 16.4. The van der Waals surface area contributed by atoms with Crippen LogP contribution in [0, 0.1) is 11.8 Å². The molecule has 0 radical (unpaired) electrons. The first-order valence-corrected chi connectivity index (χ1v) is 6.79. The van der Waals surface area contributed by atoms with Crippen molar-refractivity contribution in [3.05, 3.63) is 0 Å². The molecule has 0 saturated heterocycles. The third-order valence-electron chi connectivity index (χ3n) is 3.50. The second-order valence-corrected chi connectivity index (χ2v) is 5.72. The Bertz CT molecular complexity index is 375. The minimum atomic E-state index is -1.41. The van der Waals surface area contributed by atoms with Gasteiger partial charge in [0.2, 0.25) is 0 Å². The van der Waals surface area contributed by atoms with Gasteiger partial charge in [-0.15, -0.1) is 0 Å². The first kappa shape index (κ1) is 16.3. The molecule has 7 nitrogen and oxygen atoms in total. The number of amides is 2. The highest BCUT2D eigenvalue weighted by Crippen LogP contribution is 2.28. The number of hydrogen-bond donors (Lipinski definition) is 4. The fourth-order valence-corrected chi connectivity index (χ4v) is 2.82. The zero-order valence-electron chi connectivity index (χ0n) is 11.8. The third-order valence-corrected chi connectivity index (χ3v) is 3.50. The van der Waals surface area contributed by atoms with Crippen LogP contribution >= 0.6 is 0 Å². The van der Waals surface area contributed by atoms with Gasteiger partial charge in [-0.1, -0.05) is 13.8 Å². The summed E-state index contributed by atoms with van der Waals surface area (Å²) in [6, 6.07) is -2.02. The Morgan fingerprint density at radius 3 is 2.10 bits per heavy atom. The Morgan fingerprint density at radius 1 is 1.10 bits per heavy atom. The van der Waals surface area contributed by atoms with E-state index < -0.39 is 30.4 Å². The van der Waals surface area contributed by atoms with Crippen molar-refractivity contribution in [3.63, 3.8) is 0 Å². The van der Waals surface area contributed by atoms with Crippen LogP contribution in [-0.2, 0) is 9.59 Å². The molecule has 0 bridgehead atoms. The summed E-state index contributed by atoms with van der Waals surface area (Å²) in [5, 5.41) is 22.4. The molecule has 114 valence electrons. The number of rotatable bonds is 5. The number of carboxylic acids is 2. The monoisotopic (exact) mass is 286 g/mol. The average Bonchev–Trinajstić information content (AvgIpc) is 2.25. The van der Waals surface area contributed by atoms with Gasteiger partial charge in [0.1, 0.15) is 6.04 Å². The normalized spacial score (nSPS) is 27.4. The zero-order chi connectivity index (χ0) is 15.3. The summed E-state index contributed by atoms with van der Waals surface area (Å²) >= 11 is 0. The summed E-state index contributed by atoms with van der Waals surface area (Å²) in [7, 11) is 0. The van der Waals surface area contributed by atoms with Crippen LogP contribution in [0.25, 0.3) is 0 Å². The molecule has 0 aromatic carbocycles. The van der Waals surface area contributed by atoms with Crippen LogP contribution < -0.4 is 10.6 Å². The van der Waals surface area contributed by atoms with Crippen molar-refractivity contribution >= 4 is 18.0 Å². The van der Waals surface area contributed by atoms with Gasteiger partial charge in [-0.3, -0.25) is 4.79 Å². The molecule has 4 N–H and O–H groups in total. The number of aliphatic carboxylic acids is 2. The Morgan fingerprint density at radius 2 is 1.65 bits per heavy atom. The van der Waals surface area contributed by atoms with E-state index in [4.69, 9.17) is 10.2 Å². The first-order chi connectivity index (χ1) is 9.27. The molecule has 7 heteroatoms. The zero-order valence-corrected chi connectivity index (χ0v) is 11.8. The van der Waals surface area contributed by atoms with Crippen molar-refractivity contribution in [1.29, 1.82) is 0 Å². The lowest BCUT2D eigenvalue weighted by molar-refractivity contribution is -0.145. The van der Waals surface area contributed by atoms with E-state index in [-0.39, 0.29) is 6.04 Å². The third kappa shape index (κ3) is 5.46. The molecule has 1 aliphatic carbocycles. The summed E-state index contributed by atoms with van der Waals surface area (Å²) in [5.41, 5.74) is 0. The second-order valence-electron chi connectivity index (χ2n) is 5.72. The van der Waals surface area contributed by atoms with Gasteiger partial charge in [0.05, 0.1) is 6.42 Å². The fourth-order valence-electron chi connectivity index (χ4n) is 2.82. The maximum absolute atomic E-state index is 11.7. The number of carboxylic acid groups (broad SMARTS) is 2. The van der Waals surface area contributed by atoms with Crippen molar-refractivity contribution in [2.45, 2.75) is 51.6 Å². The van der Waals surface area contributed by atoms with Crippen LogP contribution in [0.15, 0.2) is 0 Å². The topological polar surface area (TPSA) is 116 Å². The van der Waals surface area contributed by atoms with Crippen LogP contribution in [0.5, 0.6) is 0 Å². The lowest BCUT2D eigenvalue weighted by Crippen LogP contribution is -2.51. The van der Waals surface area contributed by atoms with E-state index in [0.717, 1.165) is 19.3 Å². The van der Waals surface area contributed by atoms with E-state index in [2.05, 4.69) is 24.5 Å². The maximum Gasteiger partial charge on any atom is 0.326 e. The molecule has 0 aromatic rings. The van der Waals surface area contributed by atoms with Crippen molar-refractivity contribution in [2.75, 3.05) is 0 Å². The first-order valence-electron chi connectivity index (χ1n) is 6.79. The molecule has 0 spiro atoms. The summed E-state index contributed by atoms with van der Waals surface area (Å²) in [5.74, 6) is -1.60. The van der Waals surface area contributed by atoms with E-state index in [0.29, 0.717) is 11.8 Å². The fraction of sp³-hybridized carbons (Fsp3) is 0.769. The molecule has 20 heavy (non-hydrogen) atoms. The predicted molar refractivity (Wildman–Crippen MR) is 71.3 cm³/mol. The summed E-state index contributed by atoms with van der Waals surface area (Å²) < 4.78 is 0. The van der Waals surface area contributed by atoms with Gasteiger partial charge in [-0.2, -0.15) is 0 Å². The quantitative estimate of drug-likeness (QED) is 0.602. The van der Waals surface area contributed by atoms with Gasteiger partial charge in [0.15, 0.2) is 0 Å². The van der Waals surface area contributed by atoms with Crippen molar-refractivity contribution in [3.8, 4) is 0 Å². The van der Waals surface area contributed by atoms with E-state index in [1.54, 1.807) is 0 Å². The second kappa shape index (κ2) is 7.12. The van der Waals surface area contributed by atoms with Crippen LogP contribution in [0.2, 0.25) is 0 Å². The lowest BCUT2D eigenvalue weighted by atomic mass is 9.80. The average molecular weight is 286 g/mol. The molecule has 1 aliphatic rings. The van der Waals surface area contributed by atoms with Gasteiger partial charge in [0.25, 0.3) is 0 Å². The van der Waals surface area contributed by atoms with Crippen LogP contribution in [-0.4, -0.2) is 40.3 Å². The van der Waals surface area contributed by atoms with E-state index >= 15 is 0 Å². The summed E-state index contributed by atoms with van der Waals surface area (Å²) in [6.45, 7) is 4.24. The Balaban J connectivity index is 2.48. The highest BCUT2D eigenvalue weighted by molar-refractivity contribution is 5.86. The minimum absolute atomic E-state index is 0.00743. The number of nitrogens with one attached hydrogen (secondary N) is 2. The van der Waals surface area contributed by atoms with Gasteiger partial charge >= 0.3 is 18.0 Å². The molecule has 0 heterocycles. The van der Waals surface area contributed by atoms with Crippen LogP contribution in [0.1, 0.15) is 39.5 Å². The smallest absolute Gasteiger partial charge is 0.326 e. The van der Waals surface area contributed by atoms with Crippen LogP contribution in [0.4, 0.5) is 4.79 Å². The van der Waals surface area contributed by atoms with Crippen molar-refractivity contribution in [1.82, 2.24) is 10.6 Å². The van der Waals surface area contributed by atoms with Gasteiger partial charge in [-0.05, 0) is 31.1 Å². The predicted octanol–water partition coefficient (Wildman–Crippen LogP) is 1.04. The summed E-state index contributed by atoms with van der Waals surface area (Å²) in [4.78, 5) is 33.1. The number of carbonyl (C=O) groups excluding carboxylic acids is 1. The largest absolute Gasteiger partial charge is 0.481 e. The Kier molecular flexibility index (Phi) is 5.79. The van der Waals surface area contributed by atoms with Crippen molar-refractivity contribution in [2.24, 2.45) is 11.8 Å². The van der Waals surface area contributed by atoms with Gasteiger partial charge in [0, 0.05) is 6.04 Å². The molecular formula is C13H22N2O5. The van der Waals surface area contributed by atoms with Gasteiger partial charge < -0.3 is 20.8 Å². The van der Waals surface area contributed by atoms with Crippen molar-refractivity contribution < 1.29 is 24.6 Å². The number of urea groups is 1. The Labute approximate surface area is 117 Å². The molecule has 3 atom stereocenters. The lowest BCUT2D eigenvalue weighted by Gasteiger charge is -2.32. The molecule has 0 aromatic heterocycles. The van der Waals surface area contributed by atoms with Gasteiger partial charge in [-0.25, -0.2) is 9.59 Å². The minimum Gasteiger partial charge on any atom is -0.481 e. The molecule has 1 fully saturated rings. The molecule has 2 amide bonds. The molecule has 1 rings (SSSR count). The SMILES string of the molecule is CC1CC(C)CC(NC(=O)NC(CC(=O)O)C(=O)O)C1. The summed E-state index contributed by atoms with van der Waals surface area (Å²) in [6.07, 6.45) is 2.19. The van der Waals surface area contributed by atoms with E-state index in [1.165, 1.54) is 0 Å². The standard InChI is InChI=1S/C13H22N2O5/c1-7-3-8(2)5-9(4-7)14-13(20)15-10(12(18)19)6-11(16)17/h7-10H,3-6H2,1-2H3,(H,16,17)(H,18,19)(H2,14,15,20).